The molecule has 17 nitrogen and oxygen atoms in total. The molecule has 105 heavy (non-hydrogen) atoms. The van der Waals surface area contributed by atoms with E-state index in [0.717, 1.165) is 108 Å². The Labute approximate surface area is 645 Å². The quantitative estimate of drug-likeness (QED) is 0.0222. The zero-order valence-electron chi connectivity index (χ0n) is 69.2. The average Bonchev–Trinajstić information content (AvgIpc) is 0.949. The van der Waals surface area contributed by atoms with Gasteiger partial charge in [0, 0.05) is 25.7 Å². The fraction of sp³-hybridized carbons (Fsp3) is 0.953. The molecule has 3 N–H and O–H groups in total. The van der Waals surface area contributed by atoms with Gasteiger partial charge in [-0.15, -0.1) is 0 Å². The number of hydrogen-bond acceptors (Lipinski definition) is 15. The fourth-order valence-electron chi connectivity index (χ4n) is 13.3. The maximum atomic E-state index is 13.1. The predicted molar refractivity (Wildman–Crippen MR) is 432 cm³/mol. The highest BCUT2D eigenvalue weighted by Gasteiger charge is 2.30. The number of aliphatic hydroxyl groups excluding tert-OH is 1. The monoisotopic (exact) mass is 1540 g/mol. The van der Waals surface area contributed by atoms with Crippen LogP contribution in [-0.4, -0.2) is 96.7 Å². The van der Waals surface area contributed by atoms with Crippen LogP contribution in [0.3, 0.4) is 0 Å². The van der Waals surface area contributed by atoms with E-state index in [2.05, 4.69) is 48.5 Å². The van der Waals surface area contributed by atoms with Crippen LogP contribution in [0, 0.1) is 17.8 Å². The number of esters is 4. The van der Waals surface area contributed by atoms with E-state index < -0.39 is 97.5 Å². The van der Waals surface area contributed by atoms with Crippen molar-refractivity contribution in [1.82, 2.24) is 0 Å². The fourth-order valence-corrected chi connectivity index (χ4v) is 14.9. The molecule has 0 aromatic heterocycles. The van der Waals surface area contributed by atoms with Crippen molar-refractivity contribution in [2.45, 2.75) is 471 Å². The summed E-state index contributed by atoms with van der Waals surface area (Å²) in [7, 11) is -9.93. The first-order valence-corrected chi connectivity index (χ1v) is 47.4. The highest BCUT2D eigenvalue weighted by Crippen LogP contribution is 2.45. The molecule has 0 saturated heterocycles. The van der Waals surface area contributed by atoms with Crippen molar-refractivity contribution in [1.29, 1.82) is 0 Å². The van der Waals surface area contributed by atoms with Gasteiger partial charge in [0.2, 0.25) is 0 Å². The third-order valence-corrected chi connectivity index (χ3v) is 22.4. The Balaban J connectivity index is 5.24. The van der Waals surface area contributed by atoms with Crippen LogP contribution in [-0.2, 0) is 65.4 Å². The molecule has 0 heterocycles. The van der Waals surface area contributed by atoms with Crippen LogP contribution >= 0.6 is 15.6 Å². The van der Waals surface area contributed by atoms with Gasteiger partial charge >= 0.3 is 39.5 Å². The van der Waals surface area contributed by atoms with Gasteiger partial charge in [-0.05, 0) is 43.4 Å². The van der Waals surface area contributed by atoms with E-state index in [1.807, 2.05) is 0 Å². The zero-order valence-corrected chi connectivity index (χ0v) is 71.0. The van der Waals surface area contributed by atoms with E-state index in [1.54, 1.807) is 0 Å². The van der Waals surface area contributed by atoms with Crippen molar-refractivity contribution < 1.29 is 80.2 Å². The smallest absolute Gasteiger partial charge is 0.462 e. The van der Waals surface area contributed by atoms with Crippen LogP contribution in [0.1, 0.15) is 453 Å². The van der Waals surface area contributed by atoms with Gasteiger partial charge in [0.25, 0.3) is 0 Å². The highest BCUT2D eigenvalue weighted by atomic mass is 31.2. The van der Waals surface area contributed by atoms with Crippen LogP contribution < -0.4 is 0 Å². The maximum Gasteiger partial charge on any atom is 0.472 e. The number of phosphoric acid groups is 2. The van der Waals surface area contributed by atoms with E-state index in [1.165, 1.54) is 263 Å². The minimum absolute atomic E-state index is 0.108. The van der Waals surface area contributed by atoms with Gasteiger partial charge in [-0.2, -0.15) is 0 Å². The minimum Gasteiger partial charge on any atom is -0.462 e. The average molecular weight is 1540 g/mol. The van der Waals surface area contributed by atoms with Gasteiger partial charge in [-0.1, -0.05) is 402 Å². The van der Waals surface area contributed by atoms with E-state index in [-0.39, 0.29) is 25.7 Å². The first kappa shape index (κ1) is 103. The normalized spacial score (nSPS) is 14.1. The van der Waals surface area contributed by atoms with E-state index in [0.29, 0.717) is 25.7 Å². The Morgan fingerprint density at radius 3 is 0.724 bits per heavy atom. The predicted octanol–water partition coefficient (Wildman–Crippen LogP) is 26.1. The summed E-state index contributed by atoms with van der Waals surface area (Å²) in [6.07, 6.45) is 66.5. The Bertz CT molecular complexity index is 2030. The minimum atomic E-state index is -4.97. The lowest BCUT2D eigenvalue weighted by Gasteiger charge is -2.21. The first-order chi connectivity index (χ1) is 50.8. The molecule has 0 aliphatic rings. The molecule has 0 radical (unpaired) electrons. The largest absolute Gasteiger partial charge is 0.472 e. The summed E-state index contributed by atoms with van der Waals surface area (Å²) < 4.78 is 68.9. The number of hydrogen-bond donors (Lipinski definition) is 3. The van der Waals surface area contributed by atoms with Crippen molar-refractivity contribution in [2.24, 2.45) is 17.8 Å². The molecule has 0 bridgehead atoms. The van der Waals surface area contributed by atoms with Crippen LogP contribution in [0.5, 0.6) is 0 Å². The lowest BCUT2D eigenvalue weighted by Crippen LogP contribution is -2.30. The van der Waals surface area contributed by atoms with Crippen molar-refractivity contribution in [3.05, 3.63) is 0 Å². The topological polar surface area (TPSA) is 237 Å². The summed E-state index contributed by atoms with van der Waals surface area (Å²) in [5.74, 6) is 0.358. The lowest BCUT2D eigenvalue weighted by molar-refractivity contribution is -0.161. The lowest BCUT2D eigenvalue weighted by atomic mass is 9.99. The van der Waals surface area contributed by atoms with Crippen molar-refractivity contribution in [2.75, 3.05) is 39.6 Å². The first-order valence-electron chi connectivity index (χ1n) is 44.4. The second-order valence-electron chi connectivity index (χ2n) is 32.1. The Morgan fingerprint density at radius 2 is 0.486 bits per heavy atom. The molecular formula is C86H168O17P2. The number of rotatable bonds is 84. The standard InChI is InChI=1S/C86H168O17P2/c1-8-10-11-12-13-14-39-46-53-60-67-83(88)96-73-81(102-86(91)70-63-56-49-42-35-29-23-22-26-32-38-45-52-59-66-79(7)9-2)75-100-104(92,93)98-71-80(87)72-99-105(94,95)101-76-82(74-97-84(89)68-61-54-47-40-33-27-21-17-19-25-31-37-44-51-58-65-78(5)6)103-85(90)69-62-55-48-41-34-28-20-16-15-18-24-30-36-43-50-57-64-77(3)4/h77-82,87H,8-76H2,1-7H3,(H,92,93)(H,94,95)/t79?,80-,81+,82+/m0/s1. The number of aliphatic hydroxyl groups is 1. The Kier molecular flexibility index (Phi) is 74.7. The number of carbonyl (C=O) groups is 4. The summed E-state index contributed by atoms with van der Waals surface area (Å²) in [5.41, 5.74) is 0. The molecular weight excluding hydrogens is 1370 g/mol. The SMILES string of the molecule is CCCCCCCCCCCCC(=O)OC[C@H](COP(=O)(O)OC[C@H](O)COP(=O)(O)OC[C@@H](COC(=O)CCCCCCCCCCCCCCCCCC(C)C)OC(=O)CCCCCCCCCCCCCCCCCCC(C)C)OC(=O)CCCCCCCCCCCCCCCCC(C)CC. The molecule has 6 atom stereocenters. The van der Waals surface area contributed by atoms with Crippen molar-refractivity contribution in [3.8, 4) is 0 Å². The summed E-state index contributed by atoms with van der Waals surface area (Å²) >= 11 is 0. The zero-order chi connectivity index (χ0) is 77.2. The number of unbranched alkanes of at least 4 members (excludes halogenated alkanes) is 51. The Morgan fingerprint density at radius 1 is 0.276 bits per heavy atom. The second kappa shape index (κ2) is 76.1. The van der Waals surface area contributed by atoms with Crippen molar-refractivity contribution >= 4 is 39.5 Å². The molecule has 0 rings (SSSR count). The number of phosphoric ester groups is 2. The summed E-state index contributed by atoms with van der Waals surface area (Å²) in [6.45, 7) is 12.1. The van der Waals surface area contributed by atoms with Crippen LogP contribution in [0.25, 0.3) is 0 Å². The van der Waals surface area contributed by atoms with Gasteiger partial charge in [0.1, 0.15) is 19.3 Å². The van der Waals surface area contributed by atoms with E-state index in [9.17, 15) is 43.2 Å². The molecule has 0 aliphatic heterocycles. The summed E-state index contributed by atoms with van der Waals surface area (Å²) in [5, 5.41) is 10.7. The molecule has 0 fully saturated rings. The second-order valence-corrected chi connectivity index (χ2v) is 35.0. The van der Waals surface area contributed by atoms with Crippen LogP contribution in [0.2, 0.25) is 0 Å². The third kappa shape index (κ3) is 78.5. The maximum absolute atomic E-state index is 13.1. The summed E-state index contributed by atoms with van der Waals surface area (Å²) in [4.78, 5) is 73.2. The molecule has 0 aromatic carbocycles. The molecule has 3 unspecified atom stereocenters. The van der Waals surface area contributed by atoms with Crippen LogP contribution in [0.15, 0.2) is 0 Å². The summed E-state index contributed by atoms with van der Waals surface area (Å²) in [6, 6.07) is 0. The van der Waals surface area contributed by atoms with Gasteiger partial charge in [0.05, 0.1) is 26.4 Å². The van der Waals surface area contributed by atoms with Gasteiger partial charge in [0.15, 0.2) is 12.2 Å². The molecule has 0 saturated carbocycles. The van der Waals surface area contributed by atoms with E-state index >= 15 is 0 Å². The number of ether oxygens (including phenoxy) is 4. The van der Waals surface area contributed by atoms with Gasteiger partial charge < -0.3 is 33.8 Å². The third-order valence-electron chi connectivity index (χ3n) is 20.5. The molecule has 0 aliphatic carbocycles. The molecule has 19 heteroatoms. The molecule has 0 spiro atoms. The van der Waals surface area contributed by atoms with Crippen LogP contribution in [0.4, 0.5) is 0 Å². The van der Waals surface area contributed by atoms with Crippen molar-refractivity contribution in [3.63, 3.8) is 0 Å². The molecule has 624 valence electrons. The number of carbonyl (C=O) groups excluding carboxylic acids is 4. The van der Waals surface area contributed by atoms with E-state index in [4.69, 9.17) is 37.0 Å². The Hall–Kier alpha value is -1.94. The molecule has 0 aromatic rings. The van der Waals surface area contributed by atoms with Gasteiger partial charge in [-0.3, -0.25) is 37.3 Å². The highest BCUT2D eigenvalue weighted by molar-refractivity contribution is 7.47. The molecule has 0 amide bonds. The van der Waals surface area contributed by atoms with Gasteiger partial charge in [-0.25, -0.2) is 9.13 Å².